The van der Waals surface area contributed by atoms with E-state index < -0.39 is 35.8 Å². The average molecular weight is 511 g/mol. The Labute approximate surface area is 211 Å². The number of anilines is 2. The lowest BCUT2D eigenvalue weighted by Gasteiger charge is -2.28. The summed E-state index contributed by atoms with van der Waals surface area (Å²) in [5.74, 6) is -2.29. The zero-order valence-electron chi connectivity index (χ0n) is 19.6. The number of esters is 1. The predicted molar refractivity (Wildman–Crippen MR) is 134 cm³/mol. The minimum absolute atomic E-state index is 0.234. The molecule has 2 amide bonds. The van der Waals surface area contributed by atoms with Crippen LogP contribution in [-0.2, 0) is 19.2 Å². The Morgan fingerprint density at radius 2 is 1.66 bits per heavy atom. The van der Waals surface area contributed by atoms with Crippen LogP contribution in [0.5, 0.6) is 0 Å². The topological polar surface area (TPSA) is 76.2 Å². The lowest BCUT2D eigenvalue weighted by atomic mass is 9.90. The Morgan fingerprint density at radius 1 is 1.00 bits per heavy atom. The third kappa shape index (κ3) is 3.73. The molecule has 5 rings (SSSR count). The highest BCUT2D eigenvalue weighted by molar-refractivity contribution is 7.17. The van der Waals surface area contributed by atoms with Crippen molar-refractivity contribution in [1.29, 1.82) is 0 Å². The van der Waals surface area contributed by atoms with Crippen LogP contribution in [-0.4, -0.2) is 31.0 Å². The van der Waals surface area contributed by atoms with Gasteiger partial charge in [0.2, 0.25) is 5.91 Å². The number of fused-ring (bicyclic) bond motifs is 1. The fourth-order valence-electron chi connectivity index (χ4n) is 4.64. The normalized spacial score (nSPS) is 21.6. The van der Waals surface area contributed by atoms with Crippen molar-refractivity contribution in [2.75, 3.05) is 17.1 Å². The molecule has 0 saturated carbocycles. The van der Waals surface area contributed by atoms with E-state index >= 15 is 0 Å². The van der Waals surface area contributed by atoms with Crippen molar-refractivity contribution < 1.29 is 24.0 Å². The monoisotopic (exact) mass is 510 g/mol. The van der Waals surface area contributed by atoms with Gasteiger partial charge in [-0.3, -0.25) is 14.4 Å². The number of halogens is 1. The minimum atomic E-state index is -1.03. The summed E-state index contributed by atoms with van der Waals surface area (Å²) in [7, 11) is 1.28. The first-order valence-corrected chi connectivity index (χ1v) is 12.3. The molecule has 3 atom stereocenters. The first-order chi connectivity index (χ1) is 16.7. The van der Waals surface area contributed by atoms with E-state index in [0.717, 1.165) is 20.9 Å². The Bertz CT molecular complexity index is 1340. The zero-order valence-corrected chi connectivity index (χ0v) is 21.1. The van der Waals surface area contributed by atoms with E-state index in [0.29, 0.717) is 16.3 Å². The molecule has 35 heavy (non-hydrogen) atoms. The fourth-order valence-corrected chi connectivity index (χ4v) is 5.92. The third-order valence-corrected chi connectivity index (χ3v) is 8.02. The van der Waals surface area contributed by atoms with Crippen LogP contribution >= 0.6 is 22.9 Å². The summed E-state index contributed by atoms with van der Waals surface area (Å²) >= 11 is 7.30. The first kappa shape index (κ1) is 23.5. The highest BCUT2D eigenvalue weighted by atomic mass is 35.5. The molecule has 2 aliphatic heterocycles. The second kappa shape index (κ2) is 8.78. The number of amides is 2. The van der Waals surface area contributed by atoms with Gasteiger partial charge in [0.25, 0.3) is 5.91 Å². The summed E-state index contributed by atoms with van der Waals surface area (Å²) in [6.45, 7) is 5.60. The Morgan fingerprint density at radius 3 is 2.29 bits per heavy atom. The van der Waals surface area contributed by atoms with Gasteiger partial charge in [0.1, 0.15) is 10.9 Å². The molecular formula is C26H23ClN2O5S. The smallest absolute Gasteiger partial charge is 0.341 e. The van der Waals surface area contributed by atoms with Crippen molar-refractivity contribution in [3.05, 3.63) is 80.7 Å². The van der Waals surface area contributed by atoms with Crippen LogP contribution in [0.25, 0.3) is 0 Å². The Hall–Kier alpha value is -3.20. The number of ether oxygens (including phenoxy) is 1. The number of carbonyl (C=O) groups excluding carboxylic acids is 3. The number of rotatable bonds is 4. The molecule has 0 spiro atoms. The van der Waals surface area contributed by atoms with Gasteiger partial charge in [-0.2, -0.15) is 0 Å². The van der Waals surface area contributed by atoms with Crippen LogP contribution < -0.4 is 9.96 Å². The summed E-state index contributed by atoms with van der Waals surface area (Å²) in [6, 6.07) is 14.3. The SMILES string of the molecule is COC(=O)c1c(N2C(=O)[C@H]3[C@@H](c4ccc(C)cc4)N(c4ccc(Cl)cc4)O[C@H]3C2=O)sc(C)c1C. The summed E-state index contributed by atoms with van der Waals surface area (Å²) in [4.78, 5) is 48.2. The molecule has 2 aromatic carbocycles. The molecule has 2 aliphatic rings. The highest BCUT2D eigenvalue weighted by Crippen LogP contribution is 2.49. The number of aryl methyl sites for hydroxylation is 2. The molecule has 0 radical (unpaired) electrons. The quantitative estimate of drug-likeness (QED) is 0.356. The summed E-state index contributed by atoms with van der Waals surface area (Å²) < 4.78 is 4.95. The van der Waals surface area contributed by atoms with Crippen LogP contribution in [0.2, 0.25) is 5.02 Å². The standard InChI is InChI=1S/C26H23ClN2O5S/c1-13-5-7-16(8-6-13)21-20-22(34-29(21)18-11-9-17(27)10-12-18)24(31)28(23(20)30)25-19(26(32)33-4)14(2)15(3)35-25/h5-12,20-22H,1-4H3/t20-,21+,22+/m0/s1. The van der Waals surface area contributed by atoms with Gasteiger partial charge in [0.15, 0.2) is 6.10 Å². The van der Waals surface area contributed by atoms with Crippen LogP contribution in [0.4, 0.5) is 10.7 Å². The lowest BCUT2D eigenvalue weighted by Crippen LogP contribution is -2.37. The van der Waals surface area contributed by atoms with E-state index in [1.54, 1.807) is 36.3 Å². The van der Waals surface area contributed by atoms with Gasteiger partial charge in [-0.05, 0) is 56.2 Å². The van der Waals surface area contributed by atoms with E-state index in [1.807, 2.05) is 38.1 Å². The molecule has 0 bridgehead atoms. The van der Waals surface area contributed by atoms with Crippen LogP contribution in [0.15, 0.2) is 48.5 Å². The van der Waals surface area contributed by atoms with Gasteiger partial charge in [-0.1, -0.05) is 41.4 Å². The Balaban J connectivity index is 1.60. The maximum Gasteiger partial charge on any atom is 0.341 e. The molecule has 3 aromatic rings. The second-order valence-corrected chi connectivity index (χ2v) is 10.3. The molecular weight excluding hydrogens is 488 g/mol. The molecule has 0 N–H and O–H groups in total. The number of carbonyl (C=O) groups is 3. The van der Waals surface area contributed by atoms with Gasteiger partial charge in [0, 0.05) is 9.90 Å². The molecule has 0 unspecified atom stereocenters. The summed E-state index contributed by atoms with van der Waals surface area (Å²) in [5.41, 5.74) is 3.52. The number of hydrogen-bond acceptors (Lipinski definition) is 7. The lowest BCUT2D eigenvalue weighted by molar-refractivity contribution is -0.126. The van der Waals surface area contributed by atoms with E-state index in [4.69, 9.17) is 21.2 Å². The third-order valence-electron chi connectivity index (χ3n) is 6.57. The number of methoxy groups -OCH3 is 1. The fraction of sp³-hybridized carbons (Fsp3) is 0.269. The number of imide groups is 1. The maximum atomic E-state index is 13.9. The molecule has 0 aliphatic carbocycles. The molecule has 9 heteroatoms. The van der Waals surface area contributed by atoms with Crippen molar-refractivity contribution >= 4 is 51.4 Å². The van der Waals surface area contributed by atoms with E-state index in [-0.39, 0.29) is 10.6 Å². The van der Waals surface area contributed by atoms with Crippen LogP contribution in [0.1, 0.15) is 38.0 Å². The number of benzene rings is 2. The van der Waals surface area contributed by atoms with E-state index in [1.165, 1.54) is 18.4 Å². The molecule has 1 aromatic heterocycles. The molecule has 2 saturated heterocycles. The molecule has 7 nitrogen and oxygen atoms in total. The molecule has 180 valence electrons. The highest BCUT2D eigenvalue weighted by Gasteiger charge is 2.61. The van der Waals surface area contributed by atoms with Crippen molar-refractivity contribution in [2.45, 2.75) is 32.9 Å². The number of hydrogen-bond donors (Lipinski definition) is 0. The zero-order chi connectivity index (χ0) is 25.0. The Kier molecular flexibility index (Phi) is 5.91. The van der Waals surface area contributed by atoms with Crippen molar-refractivity contribution in [3.63, 3.8) is 0 Å². The van der Waals surface area contributed by atoms with Crippen molar-refractivity contribution in [1.82, 2.24) is 0 Å². The van der Waals surface area contributed by atoms with E-state index in [9.17, 15) is 14.4 Å². The number of hydroxylamine groups is 1. The molecule has 2 fully saturated rings. The van der Waals surface area contributed by atoms with Crippen LogP contribution in [0.3, 0.4) is 0 Å². The largest absolute Gasteiger partial charge is 0.465 e. The summed E-state index contributed by atoms with van der Waals surface area (Å²) in [5, 5.41) is 2.47. The minimum Gasteiger partial charge on any atom is -0.465 e. The number of nitrogens with zero attached hydrogens (tertiary/aromatic N) is 2. The van der Waals surface area contributed by atoms with Gasteiger partial charge >= 0.3 is 5.97 Å². The second-order valence-electron chi connectivity index (χ2n) is 8.68. The molecule has 3 heterocycles. The summed E-state index contributed by atoms with van der Waals surface area (Å²) in [6.07, 6.45) is -1.03. The predicted octanol–water partition coefficient (Wildman–Crippen LogP) is 5.16. The van der Waals surface area contributed by atoms with Gasteiger partial charge in [0.05, 0.1) is 24.4 Å². The first-order valence-electron chi connectivity index (χ1n) is 11.1. The average Bonchev–Trinajstić information content (AvgIpc) is 3.45. The van der Waals surface area contributed by atoms with Gasteiger partial charge < -0.3 is 4.74 Å². The van der Waals surface area contributed by atoms with Gasteiger partial charge in [-0.15, -0.1) is 11.3 Å². The number of thiophene rings is 1. The van der Waals surface area contributed by atoms with Crippen molar-refractivity contribution in [2.24, 2.45) is 5.92 Å². The van der Waals surface area contributed by atoms with Gasteiger partial charge in [-0.25, -0.2) is 14.8 Å². The maximum absolute atomic E-state index is 13.9. The van der Waals surface area contributed by atoms with E-state index in [2.05, 4.69) is 0 Å². The van der Waals surface area contributed by atoms with Crippen LogP contribution in [0, 0.1) is 26.7 Å². The van der Waals surface area contributed by atoms with Crippen molar-refractivity contribution in [3.8, 4) is 0 Å².